The summed E-state index contributed by atoms with van der Waals surface area (Å²) in [6.45, 7) is 4.68. The number of fused-ring (bicyclic) bond motifs is 1. The molecule has 1 aromatic rings. The van der Waals surface area contributed by atoms with E-state index in [4.69, 9.17) is 4.99 Å². The van der Waals surface area contributed by atoms with Crippen LogP contribution in [0.3, 0.4) is 0 Å². The van der Waals surface area contributed by atoms with E-state index in [-0.39, 0.29) is 11.9 Å². The number of benzene rings is 1. The Kier molecular flexibility index (Phi) is 4.45. The van der Waals surface area contributed by atoms with Crippen molar-refractivity contribution in [3.63, 3.8) is 0 Å². The third-order valence-electron chi connectivity index (χ3n) is 5.65. The van der Waals surface area contributed by atoms with Crippen LogP contribution in [-0.4, -0.2) is 76.2 Å². The molecule has 1 aromatic carbocycles. The number of rotatable bonds is 2. The molecule has 0 spiro atoms. The van der Waals surface area contributed by atoms with E-state index in [1.165, 1.54) is 16.2 Å². The first-order valence-corrected chi connectivity index (χ1v) is 9.53. The zero-order chi connectivity index (χ0) is 19.1. The van der Waals surface area contributed by atoms with Crippen LogP contribution in [0.2, 0.25) is 0 Å². The second-order valence-electron chi connectivity index (χ2n) is 7.72. The summed E-state index contributed by atoms with van der Waals surface area (Å²) in [6.07, 6.45) is 2.32. The van der Waals surface area contributed by atoms with Gasteiger partial charge < -0.3 is 0 Å². The number of hydrogen-bond acceptors (Lipinski definition) is 2. The maximum Gasteiger partial charge on any atom is 0.392 e. The van der Waals surface area contributed by atoms with Crippen molar-refractivity contribution in [2.24, 2.45) is 10.9 Å². The van der Waals surface area contributed by atoms with E-state index in [2.05, 4.69) is 28.5 Å². The Balaban J connectivity index is 1.78. The molecule has 0 aromatic heterocycles. The molecule has 3 aliphatic heterocycles. The van der Waals surface area contributed by atoms with Gasteiger partial charge in [0.05, 0.1) is 19.6 Å². The lowest BCUT2D eigenvalue weighted by Gasteiger charge is -2.33. The molecule has 3 amide bonds. The normalized spacial score (nSPS) is 28.6. The molecular formula is C20H26N5O2+. The summed E-state index contributed by atoms with van der Waals surface area (Å²) < 4.78 is 2.27. The van der Waals surface area contributed by atoms with Gasteiger partial charge in [-0.05, 0) is 24.3 Å². The zero-order valence-electron chi connectivity index (χ0n) is 16.1. The highest BCUT2D eigenvalue weighted by molar-refractivity contribution is 6.25. The molecule has 3 heterocycles. The van der Waals surface area contributed by atoms with Crippen molar-refractivity contribution in [2.45, 2.75) is 32.4 Å². The number of amides is 3. The largest absolute Gasteiger partial charge is 0.392 e. The quantitative estimate of drug-likeness (QED) is 0.745. The summed E-state index contributed by atoms with van der Waals surface area (Å²) in [5, 5.41) is 0. The Hall–Kier alpha value is -2.70. The summed E-state index contributed by atoms with van der Waals surface area (Å²) in [7, 11) is 3.24. The Labute approximate surface area is 159 Å². The van der Waals surface area contributed by atoms with Crippen LogP contribution in [-0.2, 0) is 11.3 Å². The SMILES string of the molecule is CC1CCC[N+](=C2N=C3C(C(=O)N(C)C(=O)N3C)N2Cc2ccccc2)C1. The Bertz CT molecular complexity index is 832. The number of aliphatic imine (C=N–C) groups is 1. The van der Waals surface area contributed by atoms with Gasteiger partial charge in [0.1, 0.15) is 0 Å². The van der Waals surface area contributed by atoms with E-state index < -0.39 is 6.04 Å². The van der Waals surface area contributed by atoms with Gasteiger partial charge in [0, 0.05) is 14.1 Å². The maximum atomic E-state index is 13.0. The minimum absolute atomic E-state index is 0.215. The van der Waals surface area contributed by atoms with E-state index in [1.807, 2.05) is 18.2 Å². The van der Waals surface area contributed by atoms with Crippen molar-refractivity contribution >= 4 is 23.7 Å². The van der Waals surface area contributed by atoms with E-state index in [9.17, 15) is 9.59 Å². The van der Waals surface area contributed by atoms with Gasteiger partial charge in [0.25, 0.3) is 5.91 Å². The molecule has 0 N–H and O–H groups in total. The summed E-state index contributed by atoms with van der Waals surface area (Å²) in [4.78, 5) is 34.9. The molecule has 0 bridgehead atoms. The predicted molar refractivity (Wildman–Crippen MR) is 103 cm³/mol. The lowest BCUT2D eigenvalue weighted by Crippen LogP contribution is -2.62. The van der Waals surface area contributed by atoms with Gasteiger partial charge in [0.2, 0.25) is 11.9 Å². The van der Waals surface area contributed by atoms with Crippen LogP contribution < -0.4 is 0 Å². The topological polar surface area (TPSA) is 59.2 Å². The van der Waals surface area contributed by atoms with Crippen LogP contribution in [0.5, 0.6) is 0 Å². The third kappa shape index (κ3) is 3.01. The van der Waals surface area contributed by atoms with E-state index in [1.54, 1.807) is 14.1 Å². The summed E-state index contributed by atoms with van der Waals surface area (Å²) in [6, 6.07) is 9.22. The second kappa shape index (κ2) is 6.79. The number of urea groups is 1. The standard InChI is InChI=1S/C20H26N5O2/c1-14-8-7-11-24(12-14)19-21-17-16(18(26)23(3)20(27)22(17)2)25(19)13-15-9-5-4-6-10-15/h4-6,9-10,14,16H,7-8,11-13H2,1-3H3/q+1. The van der Waals surface area contributed by atoms with Gasteiger partial charge in [0.15, 0.2) is 0 Å². The molecule has 2 unspecified atom stereocenters. The molecule has 2 atom stereocenters. The molecule has 142 valence electrons. The van der Waals surface area contributed by atoms with Gasteiger partial charge >= 0.3 is 12.0 Å². The van der Waals surface area contributed by atoms with Gasteiger partial charge in [-0.2, -0.15) is 0 Å². The highest BCUT2D eigenvalue weighted by atomic mass is 16.2. The van der Waals surface area contributed by atoms with E-state index >= 15 is 0 Å². The minimum Gasteiger partial charge on any atom is -0.270 e. The molecule has 7 heteroatoms. The number of guanidine groups is 1. The maximum absolute atomic E-state index is 13.0. The fraction of sp³-hybridized carbons (Fsp3) is 0.500. The van der Waals surface area contributed by atoms with Gasteiger partial charge in [-0.1, -0.05) is 42.2 Å². The minimum atomic E-state index is -0.551. The van der Waals surface area contributed by atoms with Crippen LogP contribution in [0.15, 0.2) is 35.3 Å². The number of likely N-dealkylation sites (N-methyl/N-ethyl adjacent to an activating group) is 2. The number of imide groups is 1. The lowest BCUT2D eigenvalue weighted by molar-refractivity contribution is -0.550. The molecule has 27 heavy (non-hydrogen) atoms. The van der Waals surface area contributed by atoms with Crippen molar-refractivity contribution in [3.05, 3.63) is 35.9 Å². The zero-order valence-corrected chi connectivity index (χ0v) is 16.1. The summed E-state index contributed by atoms with van der Waals surface area (Å²) in [5.41, 5.74) is 1.12. The molecule has 3 aliphatic rings. The van der Waals surface area contributed by atoms with Crippen LogP contribution >= 0.6 is 0 Å². The predicted octanol–water partition coefficient (Wildman–Crippen LogP) is 1.59. The molecule has 0 saturated carbocycles. The second-order valence-corrected chi connectivity index (χ2v) is 7.72. The van der Waals surface area contributed by atoms with Crippen LogP contribution in [0, 0.1) is 5.92 Å². The van der Waals surface area contributed by atoms with Gasteiger partial charge in [-0.15, -0.1) is 0 Å². The molecule has 0 radical (unpaired) electrons. The number of nitrogens with zero attached hydrogens (tertiary/aromatic N) is 5. The van der Waals surface area contributed by atoms with Crippen molar-refractivity contribution in [1.82, 2.24) is 14.7 Å². The molecule has 2 saturated heterocycles. The summed E-state index contributed by atoms with van der Waals surface area (Å²) >= 11 is 0. The van der Waals surface area contributed by atoms with Gasteiger partial charge in [-0.25, -0.2) is 9.69 Å². The average Bonchev–Trinajstić information content (AvgIpc) is 3.05. The Morgan fingerprint density at radius 1 is 1.15 bits per heavy atom. The number of hydrogen-bond donors (Lipinski definition) is 0. The fourth-order valence-corrected chi connectivity index (χ4v) is 4.15. The lowest BCUT2D eigenvalue weighted by atomic mass is 10.0. The highest BCUT2D eigenvalue weighted by Gasteiger charge is 2.55. The Morgan fingerprint density at radius 3 is 2.59 bits per heavy atom. The van der Waals surface area contributed by atoms with E-state index in [0.29, 0.717) is 18.3 Å². The number of carbonyl (C=O) groups is 2. The van der Waals surface area contributed by atoms with Gasteiger partial charge in [-0.3, -0.25) is 19.2 Å². The molecule has 7 nitrogen and oxygen atoms in total. The number of amidine groups is 1. The molecule has 2 fully saturated rings. The monoisotopic (exact) mass is 368 g/mol. The van der Waals surface area contributed by atoms with Crippen molar-refractivity contribution in [2.75, 3.05) is 27.2 Å². The van der Waals surface area contributed by atoms with Crippen molar-refractivity contribution in [3.8, 4) is 0 Å². The van der Waals surface area contributed by atoms with Crippen LogP contribution in [0.25, 0.3) is 0 Å². The first-order chi connectivity index (χ1) is 13.0. The summed E-state index contributed by atoms with van der Waals surface area (Å²) in [5.74, 6) is 1.72. The molecule has 0 aliphatic carbocycles. The van der Waals surface area contributed by atoms with Crippen molar-refractivity contribution < 1.29 is 14.2 Å². The first kappa shape index (κ1) is 17.7. The van der Waals surface area contributed by atoms with Crippen LogP contribution in [0.1, 0.15) is 25.3 Å². The van der Waals surface area contributed by atoms with Crippen LogP contribution in [0.4, 0.5) is 4.79 Å². The third-order valence-corrected chi connectivity index (χ3v) is 5.65. The molecular weight excluding hydrogens is 342 g/mol. The highest BCUT2D eigenvalue weighted by Crippen LogP contribution is 2.26. The van der Waals surface area contributed by atoms with Crippen molar-refractivity contribution in [1.29, 1.82) is 0 Å². The Morgan fingerprint density at radius 2 is 1.89 bits per heavy atom. The number of piperidine rings is 1. The van der Waals surface area contributed by atoms with E-state index in [0.717, 1.165) is 31.0 Å². The fourth-order valence-electron chi connectivity index (χ4n) is 4.15. The molecule has 4 rings (SSSR count). The number of carbonyl (C=O) groups excluding carboxylic acids is 2. The average molecular weight is 368 g/mol. The smallest absolute Gasteiger partial charge is 0.270 e. The first-order valence-electron chi connectivity index (χ1n) is 9.53.